The highest BCUT2D eigenvalue weighted by molar-refractivity contribution is 5.69. The average Bonchev–Trinajstić information content (AvgIpc) is 3.06. The van der Waals surface area contributed by atoms with Crippen LogP contribution in [0.15, 0.2) is 24.3 Å². The molecule has 0 N–H and O–H groups in total. The molecule has 0 amide bonds. The molecule has 9 atom stereocenters. The van der Waals surface area contributed by atoms with Crippen LogP contribution in [-0.4, -0.2) is 37.0 Å². The molecule has 1 unspecified atom stereocenters. The number of esters is 1. The zero-order valence-electron chi connectivity index (χ0n) is 20.3. The predicted molar refractivity (Wildman–Crippen MR) is 118 cm³/mol. The summed E-state index contributed by atoms with van der Waals surface area (Å²) in [4.78, 5) is 23.9. The van der Waals surface area contributed by atoms with Crippen LogP contribution >= 0.6 is 0 Å². The lowest BCUT2D eigenvalue weighted by Gasteiger charge is -2.60. The van der Waals surface area contributed by atoms with Crippen molar-refractivity contribution in [1.29, 1.82) is 0 Å². The summed E-state index contributed by atoms with van der Waals surface area (Å²) in [5, 5.41) is 0. The van der Waals surface area contributed by atoms with E-state index in [9.17, 15) is 9.18 Å². The molecular formula is C26H35FO7. The number of carbonyl (C=O) groups is 1. The maximum absolute atomic E-state index is 13.6. The molecule has 1 aromatic carbocycles. The van der Waals surface area contributed by atoms with Gasteiger partial charge >= 0.3 is 5.97 Å². The summed E-state index contributed by atoms with van der Waals surface area (Å²) in [7, 11) is 1.36. The number of rotatable bonds is 6. The van der Waals surface area contributed by atoms with Gasteiger partial charge in [0.1, 0.15) is 5.82 Å². The van der Waals surface area contributed by atoms with Gasteiger partial charge in [-0.2, -0.15) is 0 Å². The molecule has 5 aliphatic rings. The summed E-state index contributed by atoms with van der Waals surface area (Å²) in [6.45, 7) is 6.30. The van der Waals surface area contributed by atoms with Gasteiger partial charge in [0.25, 0.3) is 0 Å². The van der Waals surface area contributed by atoms with E-state index in [1.54, 1.807) is 12.1 Å². The highest BCUT2D eigenvalue weighted by Gasteiger charge is 2.69. The predicted octanol–water partition coefficient (Wildman–Crippen LogP) is 5.04. The lowest BCUT2D eigenvalue weighted by atomic mass is 9.58. The molecule has 2 bridgehead atoms. The molecule has 1 aromatic rings. The molecule has 8 heteroatoms. The van der Waals surface area contributed by atoms with Crippen LogP contribution in [0.25, 0.3) is 0 Å². The van der Waals surface area contributed by atoms with Crippen LogP contribution in [0.1, 0.15) is 71.0 Å². The maximum Gasteiger partial charge on any atom is 0.305 e. The second kappa shape index (κ2) is 9.13. The van der Waals surface area contributed by atoms with Gasteiger partial charge in [-0.1, -0.05) is 26.0 Å². The van der Waals surface area contributed by atoms with Crippen LogP contribution in [-0.2, 0) is 33.5 Å². The van der Waals surface area contributed by atoms with Gasteiger partial charge in [-0.25, -0.2) is 14.2 Å². The molecule has 5 fully saturated rings. The van der Waals surface area contributed by atoms with Crippen LogP contribution in [0.5, 0.6) is 0 Å². The van der Waals surface area contributed by atoms with Gasteiger partial charge in [0.2, 0.25) is 5.79 Å². The van der Waals surface area contributed by atoms with Crippen molar-refractivity contribution < 1.29 is 37.9 Å². The summed E-state index contributed by atoms with van der Waals surface area (Å²) in [6.07, 6.45) is 2.70. The van der Waals surface area contributed by atoms with E-state index in [4.69, 9.17) is 28.7 Å². The third-order valence-electron chi connectivity index (χ3n) is 8.48. The van der Waals surface area contributed by atoms with Crippen LogP contribution in [0.4, 0.5) is 4.39 Å². The molecule has 1 saturated carbocycles. The zero-order valence-corrected chi connectivity index (χ0v) is 20.3. The molecule has 4 aliphatic heterocycles. The highest BCUT2D eigenvalue weighted by Crippen LogP contribution is 2.60. The Balaban J connectivity index is 1.42. The minimum Gasteiger partial charge on any atom is -0.469 e. The van der Waals surface area contributed by atoms with Gasteiger partial charge in [-0.15, -0.1) is 0 Å². The largest absolute Gasteiger partial charge is 0.469 e. The van der Waals surface area contributed by atoms with E-state index < -0.39 is 30.1 Å². The number of halogens is 1. The lowest BCUT2D eigenvalue weighted by molar-refractivity contribution is -0.578. The van der Waals surface area contributed by atoms with Gasteiger partial charge in [0, 0.05) is 24.7 Å². The second-order valence-electron chi connectivity index (χ2n) is 10.6. The van der Waals surface area contributed by atoms with Crippen LogP contribution in [0.2, 0.25) is 0 Å². The fourth-order valence-corrected chi connectivity index (χ4v) is 6.53. The Morgan fingerprint density at radius 2 is 1.91 bits per heavy atom. The normalized spacial score (nSPS) is 41.9. The fraction of sp³-hybridized carbons (Fsp3) is 0.731. The van der Waals surface area contributed by atoms with Gasteiger partial charge in [-0.05, 0) is 62.1 Å². The van der Waals surface area contributed by atoms with Gasteiger partial charge in [0.05, 0.1) is 13.2 Å². The Morgan fingerprint density at radius 3 is 2.65 bits per heavy atom. The van der Waals surface area contributed by atoms with Crippen molar-refractivity contribution in [1.82, 2.24) is 0 Å². The quantitative estimate of drug-likeness (QED) is 0.419. The Hall–Kier alpha value is -1.58. The van der Waals surface area contributed by atoms with Gasteiger partial charge in [0.15, 0.2) is 18.2 Å². The molecule has 1 spiro atoms. The van der Waals surface area contributed by atoms with Crippen molar-refractivity contribution in [2.45, 2.75) is 89.4 Å². The molecule has 0 aromatic heterocycles. The number of ether oxygens (including phenoxy) is 4. The lowest BCUT2D eigenvalue weighted by Crippen LogP contribution is -2.70. The van der Waals surface area contributed by atoms with Crippen LogP contribution in [0, 0.1) is 29.5 Å². The number of carbonyl (C=O) groups excluding carboxylic acids is 1. The van der Waals surface area contributed by atoms with Crippen LogP contribution < -0.4 is 0 Å². The number of hydrogen-bond donors (Lipinski definition) is 0. The highest BCUT2D eigenvalue weighted by atomic mass is 19.1. The first-order valence-electron chi connectivity index (χ1n) is 12.4. The average molecular weight is 479 g/mol. The van der Waals surface area contributed by atoms with E-state index in [-0.39, 0.29) is 36.0 Å². The standard InChI is InChI=1S/C26H35FO7/c1-15-5-10-20-16(2)23(31-24-26(20)19(15)13-14-25(3,32-24)33-34-26)30-21(11-12-22(28)29-4)17-6-8-18(27)9-7-17/h6-9,15-16,19-21,23-24H,5,10-14H2,1-4H3/t15-,16-,19+,20+,21+,23?,24-,25+,26-/m1/s1. The number of fused-ring (bicyclic) bond motifs is 2. The van der Waals surface area contributed by atoms with Gasteiger partial charge in [-0.3, -0.25) is 4.79 Å². The summed E-state index contributed by atoms with van der Waals surface area (Å²) >= 11 is 0. The summed E-state index contributed by atoms with van der Waals surface area (Å²) < 4.78 is 37.9. The number of hydrogen-bond acceptors (Lipinski definition) is 7. The van der Waals surface area contributed by atoms with Crippen LogP contribution in [0.3, 0.4) is 0 Å². The third-order valence-corrected chi connectivity index (χ3v) is 8.48. The Bertz CT molecular complexity index is 894. The molecule has 4 saturated heterocycles. The Morgan fingerprint density at radius 1 is 1.15 bits per heavy atom. The SMILES string of the molecule is COC(=O)CC[C@H](OC1O[C@@H]2O[C@]3(C)CC[C@H]4[C@H](C)CC[C@@H]([C@H]1C)[C@@]24OO3)c1ccc(F)cc1. The van der Waals surface area contributed by atoms with Crippen molar-refractivity contribution in [3.05, 3.63) is 35.6 Å². The molecule has 4 heterocycles. The number of benzene rings is 1. The van der Waals surface area contributed by atoms with Gasteiger partial charge < -0.3 is 18.9 Å². The fourth-order valence-electron chi connectivity index (χ4n) is 6.53. The van der Waals surface area contributed by atoms with Crippen molar-refractivity contribution in [2.24, 2.45) is 23.7 Å². The third kappa shape index (κ3) is 4.07. The molecule has 34 heavy (non-hydrogen) atoms. The Kier molecular flexibility index (Phi) is 6.48. The van der Waals surface area contributed by atoms with E-state index in [1.165, 1.54) is 19.2 Å². The first kappa shape index (κ1) is 24.1. The minimum absolute atomic E-state index is 0.00183. The second-order valence-corrected chi connectivity index (χ2v) is 10.6. The summed E-state index contributed by atoms with van der Waals surface area (Å²) in [6, 6.07) is 6.17. The maximum atomic E-state index is 13.6. The molecular weight excluding hydrogens is 443 g/mol. The topological polar surface area (TPSA) is 72.5 Å². The smallest absolute Gasteiger partial charge is 0.305 e. The molecule has 0 radical (unpaired) electrons. The Labute approximate surface area is 200 Å². The van der Waals surface area contributed by atoms with Crippen molar-refractivity contribution in [3.63, 3.8) is 0 Å². The van der Waals surface area contributed by atoms with E-state index in [2.05, 4.69) is 13.8 Å². The number of methoxy groups -OCH3 is 1. The summed E-state index contributed by atoms with van der Waals surface area (Å²) in [5.41, 5.74) is 0.121. The zero-order chi connectivity index (χ0) is 24.1. The van der Waals surface area contributed by atoms with Crippen molar-refractivity contribution in [3.8, 4) is 0 Å². The molecule has 6 rings (SSSR count). The molecule has 7 nitrogen and oxygen atoms in total. The first-order chi connectivity index (χ1) is 16.3. The summed E-state index contributed by atoms with van der Waals surface area (Å²) in [5.74, 6) is -0.613. The van der Waals surface area contributed by atoms with Crippen molar-refractivity contribution in [2.75, 3.05) is 7.11 Å². The first-order valence-corrected chi connectivity index (χ1v) is 12.4. The monoisotopic (exact) mass is 478 g/mol. The van der Waals surface area contributed by atoms with Crippen molar-refractivity contribution >= 4 is 5.97 Å². The van der Waals surface area contributed by atoms with E-state index in [0.717, 1.165) is 31.2 Å². The molecule has 1 aliphatic carbocycles. The van der Waals surface area contributed by atoms with E-state index in [1.807, 2.05) is 6.92 Å². The molecule has 188 valence electrons. The van der Waals surface area contributed by atoms with E-state index >= 15 is 0 Å². The van der Waals surface area contributed by atoms with E-state index in [0.29, 0.717) is 12.3 Å². The minimum atomic E-state index is -0.857.